The minimum atomic E-state index is -0.00617. The first-order valence-electron chi connectivity index (χ1n) is 1.72. The van der Waals surface area contributed by atoms with Gasteiger partial charge in [0.05, 0.1) is 10.9 Å². The molecule has 0 fully saturated rings. The van der Waals surface area contributed by atoms with Crippen LogP contribution in [0.25, 0.3) is 0 Å². The van der Waals surface area contributed by atoms with Gasteiger partial charge in [-0.2, -0.15) is 0 Å². The second kappa shape index (κ2) is 2.24. The van der Waals surface area contributed by atoms with Gasteiger partial charge >= 0.3 is 5.12 Å². The fourth-order valence-electron chi connectivity index (χ4n) is 0. The maximum atomic E-state index is 10.2. The Morgan fingerprint density at radius 1 is 1.50 bits per heavy atom. The zero-order valence-electron chi connectivity index (χ0n) is 4.32. The summed E-state index contributed by atoms with van der Waals surface area (Å²) in [5.74, 6) is 0. The molecule has 2 heteroatoms. The second-order valence-electron chi connectivity index (χ2n) is 1.31. The standard InChI is InChI=1S/C4H9OS/c1-4(5)6(2)3/h1-3H3/q+1. The van der Waals surface area contributed by atoms with E-state index < -0.39 is 0 Å². The van der Waals surface area contributed by atoms with Crippen molar-refractivity contribution in [3.8, 4) is 0 Å². The molecule has 0 bridgehead atoms. The van der Waals surface area contributed by atoms with Gasteiger partial charge in [0.15, 0.2) is 0 Å². The molecular formula is C4H9OS+. The molecule has 0 atom stereocenters. The SMILES string of the molecule is CC(=O)[S+](C)C. The molecule has 0 radical (unpaired) electrons. The van der Waals surface area contributed by atoms with E-state index in [0.29, 0.717) is 0 Å². The van der Waals surface area contributed by atoms with Crippen molar-refractivity contribution in [2.45, 2.75) is 6.92 Å². The molecule has 36 valence electrons. The van der Waals surface area contributed by atoms with Crippen molar-refractivity contribution in [3.63, 3.8) is 0 Å². The summed E-state index contributed by atoms with van der Waals surface area (Å²) in [6.07, 6.45) is 3.84. The van der Waals surface area contributed by atoms with Gasteiger partial charge in [0.25, 0.3) is 0 Å². The van der Waals surface area contributed by atoms with Crippen molar-refractivity contribution in [1.82, 2.24) is 0 Å². The largest absolute Gasteiger partial charge is 0.327 e. The molecule has 0 saturated heterocycles. The topological polar surface area (TPSA) is 17.1 Å². The molecule has 0 amide bonds. The number of hydrogen-bond donors (Lipinski definition) is 0. The lowest BCUT2D eigenvalue weighted by atomic mass is 10.9. The molecule has 0 N–H and O–H groups in total. The van der Waals surface area contributed by atoms with Crippen molar-refractivity contribution in [3.05, 3.63) is 0 Å². The molecule has 6 heavy (non-hydrogen) atoms. The molecule has 1 nitrogen and oxygen atoms in total. The normalized spacial score (nSPS) is 9.33. The maximum Gasteiger partial charge on any atom is 0.327 e. The van der Waals surface area contributed by atoms with Crippen molar-refractivity contribution >= 4 is 16.0 Å². The van der Waals surface area contributed by atoms with Crippen LogP contribution < -0.4 is 0 Å². The van der Waals surface area contributed by atoms with E-state index in [1.807, 2.05) is 12.5 Å². The quantitative estimate of drug-likeness (QED) is 0.408. The van der Waals surface area contributed by atoms with E-state index in [4.69, 9.17) is 0 Å². The highest BCUT2D eigenvalue weighted by Crippen LogP contribution is 1.81. The molecule has 0 unspecified atom stereocenters. The summed E-state index contributed by atoms with van der Waals surface area (Å²) in [4.78, 5) is 10.2. The van der Waals surface area contributed by atoms with Gasteiger partial charge in [-0.1, -0.05) is 0 Å². The minimum Gasteiger partial charge on any atom is -0.238 e. The first-order valence-corrected chi connectivity index (χ1v) is 3.77. The van der Waals surface area contributed by atoms with E-state index in [1.165, 1.54) is 0 Å². The van der Waals surface area contributed by atoms with Crippen LogP contribution in [0.1, 0.15) is 6.92 Å². The van der Waals surface area contributed by atoms with Crippen molar-refractivity contribution in [1.29, 1.82) is 0 Å². The summed E-state index contributed by atoms with van der Waals surface area (Å²) in [5, 5.41) is 0.287. The summed E-state index contributed by atoms with van der Waals surface area (Å²) in [6.45, 7) is 1.61. The lowest BCUT2D eigenvalue weighted by Gasteiger charge is -1.79. The van der Waals surface area contributed by atoms with Gasteiger partial charge in [-0.25, -0.2) is 4.79 Å². The molecule has 0 aliphatic rings. The Hall–Kier alpha value is 0.0200. The highest BCUT2D eigenvalue weighted by atomic mass is 32.2. The lowest BCUT2D eigenvalue weighted by molar-refractivity contribution is -0.109. The Morgan fingerprint density at radius 2 is 1.67 bits per heavy atom. The van der Waals surface area contributed by atoms with Gasteiger partial charge in [0.2, 0.25) is 0 Å². The highest BCUT2D eigenvalue weighted by molar-refractivity contribution is 8.09. The number of carbonyl (C=O) groups is 1. The molecular weight excluding hydrogens is 96.1 g/mol. The third-order valence-corrected chi connectivity index (χ3v) is 1.72. The molecule has 0 aromatic heterocycles. The van der Waals surface area contributed by atoms with E-state index in [1.54, 1.807) is 6.92 Å². The number of rotatable bonds is 0. The molecule has 0 aliphatic carbocycles. The monoisotopic (exact) mass is 105 g/mol. The Labute approximate surface area is 41.1 Å². The Bertz CT molecular complexity index is 58.6. The fraction of sp³-hybridized carbons (Fsp3) is 0.750. The van der Waals surface area contributed by atoms with Gasteiger partial charge in [-0.05, 0) is 0 Å². The summed E-state index contributed by atoms with van der Waals surface area (Å²) >= 11 is 0. The molecule has 0 heterocycles. The summed E-state index contributed by atoms with van der Waals surface area (Å²) < 4.78 is 0. The maximum absolute atomic E-state index is 10.2. The van der Waals surface area contributed by atoms with Crippen LogP contribution in [-0.4, -0.2) is 17.6 Å². The summed E-state index contributed by atoms with van der Waals surface area (Å²) in [5.41, 5.74) is 0. The van der Waals surface area contributed by atoms with Crippen LogP contribution in [-0.2, 0) is 15.7 Å². The average Bonchev–Trinajstić information content (AvgIpc) is 1.36. The van der Waals surface area contributed by atoms with Gasteiger partial charge in [0.1, 0.15) is 12.5 Å². The third kappa shape index (κ3) is 2.27. The molecule has 0 spiro atoms. The van der Waals surface area contributed by atoms with Crippen molar-refractivity contribution in [2.75, 3.05) is 12.5 Å². The average molecular weight is 105 g/mol. The van der Waals surface area contributed by atoms with Gasteiger partial charge in [-0.3, -0.25) is 0 Å². The smallest absolute Gasteiger partial charge is 0.238 e. The molecule has 0 rings (SSSR count). The zero-order chi connectivity index (χ0) is 5.15. The second-order valence-corrected chi connectivity index (χ2v) is 3.52. The predicted molar refractivity (Wildman–Crippen MR) is 29.9 cm³/mol. The number of hydrogen-bond acceptors (Lipinski definition) is 1. The van der Waals surface area contributed by atoms with Crippen LogP contribution in [0.4, 0.5) is 0 Å². The lowest BCUT2D eigenvalue weighted by Crippen LogP contribution is -2.04. The number of carbonyl (C=O) groups excluding carboxylic acids is 1. The first kappa shape index (κ1) is 6.02. The predicted octanol–water partition coefficient (Wildman–Crippen LogP) is 0.411. The highest BCUT2D eigenvalue weighted by Gasteiger charge is 2.06. The molecule has 0 aromatic rings. The van der Waals surface area contributed by atoms with Crippen molar-refractivity contribution in [2.24, 2.45) is 0 Å². The summed E-state index contributed by atoms with van der Waals surface area (Å²) in [7, 11) is -0.00617. The minimum absolute atomic E-state index is 0.00617. The summed E-state index contributed by atoms with van der Waals surface area (Å²) in [6, 6.07) is 0. The van der Waals surface area contributed by atoms with Crippen molar-refractivity contribution < 1.29 is 4.79 Å². The van der Waals surface area contributed by atoms with Crippen LogP contribution in [0.5, 0.6) is 0 Å². The molecule has 0 aliphatic heterocycles. The van der Waals surface area contributed by atoms with Crippen LogP contribution >= 0.6 is 0 Å². The zero-order valence-corrected chi connectivity index (χ0v) is 5.13. The molecule has 0 aromatic carbocycles. The van der Waals surface area contributed by atoms with E-state index in [2.05, 4.69) is 0 Å². The Kier molecular flexibility index (Phi) is 2.25. The van der Waals surface area contributed by atoms with Gasteiger partial charge in [-0.15, -0.1) is 0 Å². The van der Waals surface area contributed by atoms with Crippen LogP contribution in [0.3, 0.4) is 0 Å². The van der Waals surface area contributed by atoms with Crippen LogP contribution in [0.2, 0.25) is 0 Å². The molecule has 0 saturated carbocycles. The van der Waals surface area contributed by atoms with Crippen LogP contribution in [0.15, 0.2) is 0 Å². The van der Waals surface area contributed by atoms with E-state index in [9.17, 15) is 4.79 Å². The van der Waals surface area contributed by atoms with E-state index in [-0.39, 0.29) is 16.0 Å². The van der Waals surface area contributed by atoms with E-state index in [0.717, 1.165) is 0 Å². The Balaban J connectivity index is 3.26. The fourth-order valence-corrected chi connectivity index (χ4v) is 0. The third-order valence-electron chi connectivity index (χ3n) is 0.575. The van der Waals surface area contributed by atoms with Gasteiger partial charge < -0.3 is 0 Å². The Morgan fingerprint density at radius 3 is 1.67 bits per heavy atom. The first-order chi connectivity index (χ1) is 2.64. The van der Waals surface area contributed by atoms with Crippen LogP contribution in [0, 0.1) is 0 Å². The van der Waals surface area contributed by atoms with E-state index >= 15 is 0 Å². The van der Waals surface area contributed by atoms with Gasteiger partial charge in [0, 0.05) is 6.92 Å².